The van der Waals surface area contributed by atoms with Crippen LogP contribution in [-0.2, 0) is 11.2 Å². The molecule has 0 bridgehead atoms. The first-order chi connectivity index (χ1) is 14.7. The number of aryl methyl sites for hydroxylation is 1. The van der Waals surface area contributed by atoms with Crippen LogP contribution in [0.1, 0.15) is 35.2 Å². The maximum atomic E-state index is 12.7. The first-order valence-corrected chi connectivity index (χ1v) is 10.4. The molecule has 0 unspecified atom stereocenters. The van der Waals surface area contributed by atoms with E-state index in [1.807, 2.05) is 30.3 Å². The highest BCUT2D eigenvalue weighted by Crippen LogP contribution is 2.28. The van der Waals surface area contributed by atoms with Gasteiger partial charge in [-0.1, -0.05) is 0 Å². The fraction of sp³-hybridized carbons (Fsp3) is 0.391. The number of ether oxygens (including phenoxy) is 2. The SMILES string of the molecule is COC1CCN(c2nc3cc(NC(=O)c4ccc5c(c4)CCCO5)ccc3o2)CC1. The van der Waals surface area contributed by atoms with Crippen molar-refractivity contribution in [3.8, 4) is 5.75 Å². The van der Waals surface area contributed by atoms with E-state index < -0.39 is 0 Å². The van der Waals surface area contributed by atoms with Gasteiger partial charge in [-0.2, -0.15) is 4.98 Å². The molecule has 0 spiro atoms. The third-order valence-corrected chi connectivity index (χ3v) is 5.85. The van der Waals surface area contributed by atoms with Crippen molar-refractivity contribution in [2.24, 2.45) is 0 Å². The molecule has 30 heavy (non-hydrogen) atoms. The second-order valence-electron chi connectivity index (χ2n) is 7.83. The number of hydrogen-bond donors (Lipinski definition) is 1. The Bertz CT molecular complexity index is 1070. The van der Waals surface area contributed by atoms with Crippen molar-refractivity contribution in [3.05, 3.63) is 47.5 Å². The van der Waals surface area contributed by atoms with Crippen molar-refractivity contribution in [1.29, 1.82) is 0 Å². The van der Waals surface area contributed by atoms with Gasteiger partial charge in [-0.25, -0.2) is 0 Å². The third-order valence-electron chi connectivity index (χ3n) is 5.85. The number of benzene rings is 2. The van der Waals surface area contributed by atoms with E-state index >= 15 is 0 Å². The van der Waals surface area contributed by atoms with Gasteiger partial charge in [0.1, 0.15) is 11.3 Å². The number of anilines is 2. The zero-order valence-corrected chi connectivity index (χ0v) is 17.0. The Morgan fingerprint density at radius 2 is 2.07 bits per heavy atom. The van der Waals surface area contributed by atoms with E-state index in [1.54, 1.807) is 13.2 Å². The molecule has 1 amide bonds. The Balaban J connectivity index is 1.31. The molecule has 2 aliphatic heterocycles. The van der Waals surface area contributed by atoms with Gasteiger partial charge in [0.25, 0.3) is 11.9 Å². The molecule has 5 rings (SSSR count). The van der Waals surface area contributed by atoms with Gasteiger partial charge in [0.2, 0.25) is 0 Å². The molecule has 0 aliphatic carbocycles. The van der Waals surface area contributed by atoms with Crippen LogP contribution in [0.5, 0.6) is 5.75 Å². The standard InChI is InChI=1S/C23H25N3O4/c1-28-18-8-10-26(11-9-18)23-25-19-14-17(5-7-21(19)30-23)24-22(27)16-4-6-20-15(13-16)3-2-12-29-20/h4-7,13-14,18H,2-3,8-12H2,1H3,(H,24,27). The van der Waals surface area contributed by atoms with E-state index in [0.29, 0.717) is 29.0 Å². The first kappa shape index (κ1) is 18.9. The Morgan fingerprint density at radius 3 is 2.90 bits per heavy atom. The largest absolute Gasteiger partial charge is 0.493 e. The number of rotatable bonds is 4. The molecule has 2 aliphatic rings. The normalized spacial score (nSPS) is 16.9. The zero-order chi connectivity index (χ0) is 20.5. The number of carbonyl (C=O) groups is 1. The van der Waals surface area contributed by atoms with Gasteiger partial charge in [0, 0.05) is 31.5 Å². The Morgan fingerprint density at radius 1 is 1.20 bits per heavy atom. The van der Waals surface area contributed by atoms with Crippen LogP contribution in [-0.4, -0.2) is 43.8 Å². The number of nitrogens with one attached hydrogen (secondary N) is 1. The van der Waals surface area contributed by atoms with Crippen molar-refractivity contribution < 1.29 is 18.7 Å². The molecular formula is C23H25N3O4. The Kier molecular flexibility index (Phi) is 5.04. The molecule has 1 aromatic heterocycles. The highest BCUT2D eigenvalue weighted by molar-refractivity contribution is 6.05. The summed E-state index contributed by atoms with van der Waals surface area (Å²) in [6.07, 6.45) is 4.14. The fourth-order valence-corrected chi connectivity index (χ4v) is 4.12. The van der Waals surface area contributed by atoms with Gasteiger partial charge >= 0.3 is 0 Å². The van der Waals surface area contributed by atoms with Crippen molar-refractivity contribution in [2.45, 2.75) is 31.8 Å². The molecular weight excluding hydrogens is 382 g/mol. The fourth-order valence-electron chi connectivity index (χ4n) is 4.12. The summed E-state index contributed by atoms with van der Waals surface area (Å²) >= 11 is 0. The predicted octanol–water partition coefficient (Wildman–Crippen LogP) is 4.02. The van der Waals surface area contributed by atoms with Crippen LogP contribution in [0.15, 0.2) is 40.8 Å². The average Bonchev–Trinajstić information content (AvgIpc) is 3.22. The second-order valence-corrected chi connectivity index (χ2v) is 7.83. The minimum atomic E-state index is -0.145. The first-order valence-electron chi connectivity index (χ1n) is 10.4. The number of methoxy groups -OCH3 is 1. The lowest BCUT2D eigenvalue weighted by Crippen LogP contribution is -2.36. The number of oxazole rings is 1. The van der Waals surface area contributed by atoms with E-state index in [1.165, 1.54) is 0 Å². The van der Waals surface area contributed by atoms with E-state index in [2.05, 4.69) is 15.2 Å². The average molecular weight is 407 g/mol. The predicted molar refractivity (Wildman–Crippen MR) is 114 cm³/mol. The molecule has 1 fully saturated rings. The van der Waals surface area contributed by atoms with Crippen LogP contribution in [0.4, 0.5) is 11.7 Å². The highest BCUT2D eigenvalue weighted by atomic mass is 16.5. The lowest BCUT2D eigenvalue weighted by Gasteiger charge is -2.29. The number of carbonyl (C=O) groups excluding carboxylic acids is 1. The number of fused-ring (bicyclic) bond motifs is 2. The number of nitrogens with zero attached hydrogens (tertiary/aromatic N) is 2. The maximum Gasteiger partial charge on any atom is 0.298 e. The molecule has 3 heterocycles. The summed E-state index contributed by atoms with van der Waals surface area (Å²) in [5.41, 5.74) is 3.85. The molecule has 156 valence electrons. The van der Waals surface area contributed by atoms with Crippen LogP contribution in [0, 0.1) is 0 Å². The van der Waals surface area contributed by atoms with Gasteiger partial charge in [0.05, 0.1) is 12.7 Å². The van der Waals surface area contributed by atoms with Gasteiger partial charge in [-0.15, -0.1) is 0 Å². The maximum absolute atomic E-state index is 12.7. The lowest BCUT2D eigenvalue weighted by molar-refractivity contribution is 0.0811. The van der Waals surface area contributed by atoms with Gasteiger partial charge in [-0.05, 0) is 67.6 Å². The second kappa shape index (κ2) is 7.99. The summed E-state index contributed by atoms with van der Waals surface area (Å²) in [6, 6.07) is 11.8. The van der Waals surface area contributed by atoms with E-state index in [4.69, 9.17) is 13.9 Å². The molecule has 7 heteroatoms. The van der Waals surface area contributed by atoms with Gasteiger partial charge < -0.3 is 24.1 Å². The summed E-state index contributed by atoms with van der Waals surface area (Å²) in [6.45, 7) is 2.45. The molecule has 1 N–H and O–H groups in total. The molecule has 0 saturated carbocycles. The number of hydrogen-bond acceptors (Lipinski definition) is 6. The minimum Gasteiger partial charge on any atom is -0.493 e. The molecule has 7 nitrogen and oxygen atoms in total. The van der Waals surface area contributed by atoms with Crippen molar-refractivity contribution in [2.75, 3.05) is 37.0 Å². The van der Waals surface area contributed by atoms with Gasteiger partial charge in [0.15, 0.2) is 5.58 Å². The molecule has 2 aromatic carbocycles. The number of amides is 1. The van der Waals surface area contributed by atoms with Crippen LogP contribution in [0.2, 0.25) is 0 Å². The van der Waals surface area contributed by atoms with E-state index in [9.17, 15) is 4.79 Å². The lowest BCUT2D eigenvalue weighted by atomic mass is 10.0. The Hall–Kier alpha value is -3.06. The van der Waals surface area contributed by atoms with Crippen molar-refractivity contribution >= 4 is 28.7 Å². The topological polar surface area (TPSA) is 76.8 Å². The summed E-state index contributed by atoms with van der Waals surface area (Å²) in [4.78, 5) is 19.5. The van der Waals surface area contributed by atoms with E-state index in [0.717, 1.165) is 62.2 Å². The molecule has 0 atom stereocenters. The molecule has 0 radical (unpaired) electrons. The van der Waals surface area contributed by atoms with Crippen LogP contribution < -0.4 is 15.0 Å². The smallest absolute Gasteiger partial charge is 0.298 e. The van der Waals surface area contributed by atoms with Crippen molar-refractivity contribution in [1.82, 2.24) is 4.98 Å². The quantitative estimate of drug-likeness (QED) is 0.704. The Labute approximate surface area is 175 Å². The van der Waals surface area contributed by atoms with Gasteiger partial charge in [-0.3, -0.25) is 4.79 Å². The van der Waals surface area contributed by atoms with Crippen LogP contribution >= 0.6 is 0 Å². The summed E-state index contributed by atoms with van der Waals surface area (Å²) in [7, 11) is 1.76. The third kappa shape index (κ3) is 3.73. The monoisotopic (exact) mass is 407 g/mol. The highest BCUT2D eigenvalue weighted by Gasteiger charge is 2.22. The molecule has 3 aromatic rings. The summed E-state index contributed by atoms with van der Waals surface area (Å²) in [5, 5.41) is 2.97. The zero-order valence-electron chi connectivity index (χ0n) is 17.0. The van der Waals surface area contributed by atoms with Crippen molar-refractivity contribution in [3.63, 3.8) is 0 Å². The number of aromatic nitrogens is 1. The minimum absolute atomic E-state index is 0.145. The molecule has 1 saturated heterocycles. The summed E-state index contributed by atoms with van der Waals surface area (Å²) < 4.78 is 17.0. The van der Waals surface area contributed by atoms with Crippen LogP contribution in [0.3, 0.4) is 0 Å². The van der Waals surface area contributed by atoms with E-state index in [-0.39, 0.29) is 5.91 Å². The van der Waals surface area contributed by atoms with Crippen LogP contribution in [0.25, 0.3) is 11.1 Å². The number of piperidine rings is 1. The summed E-state index contributed by atoms with van der Waals surface area (Å²) in [5.74, 6) is 0.733.